The van der Waals surface area contributed by atoms with Gasteiger partial charge < -0.3 is 9.64 Å². The van der Waals surface area contributed by atoms with E-state index in [1.165, 1.54) is 0 Å². The largest absolute Gasteiger partial charge is 0.449 e. The summed E-state index contributed by atoms with van der Waals surface area (Å²) < 4.78 is 7.13. The van der Waals surface area contributed by atoms with Crippen molar-refractivity contribution in [2.24, 2.45) is 0 Å². The maximum atomic E-state index is 13.8. The van der Waals surface area contributed by atoms with E-state index in [1.807, 2.05) is 67.6 Å². The van der Waals surface area contributed by atoms with Crippen molar-refractivity contribution in [3.63, 3.8) is 0 Å². The quantitative estimate of drug-likeness (QED) is 0.540. The van der Waals surface area contributed by atoms with Crippen LogP contribution < -0.4 is 5.56 Å². The number of rotatable bonds is 6. The Labute approximate surface area is 188 Å². The summed E-state index contributed by atoms with van der Waals surface area (Å²) in [6, 6.07) is 19.7. The molecule has 1 aliphatic heterocycles. The lowest BCUT2D eigenvalue weighted by molar-refractivity contribution is 0.0960. The number of unbranched alkanes of at least 4 members (excludes halogenated alkanes) is 1. The van der Waals surface area contributed by atoms with Crippen LogP contribution in [0.25, 0.3) is 0 Å². The molecule has 4 rings (SSSR count). The molecular weight excluding hydrogens is 402 g/mol. The minimum atomic E-state index is -0.363. The molecule has 0 radical (unpaired) electrons. The highest BCUT2D eigenvalue weighted by Gasteiger charge is 2.29. The van der Waals surface area contributed by atoms with Gasteiger partial charge >= 0.3 is 6.09 Å². The minimum Gasteiger partial charge on any atom is -0.449 e. The van der Waals surface area contributed by atoms with Crippen LogP contribution in [0.5, 0.6) is 0 Å². The lowest BCUT2D eigenvalue weighted by Gasteiger charge is -2.30. The van der Waals surface area contributed by atoms with E-state index >= 15 is 0 Å². The molecule has 2 heterocycles. The van der Waals surface area contributed by atoms with E-state index in [0.29, 0.717) is 31.0 Å². The fourth-order valence-corrected chi connectivity index (χ4v) is 4.23. The summed E-state index contributed by atoms with van der Waals surface area (Å²) in [6.07, 6.45) is 1.98. The number of amides is 1. The van der Waals surface area contributed by atoms with Gasteiger partial charge in [0.1, 0.15) is 5.82 Å². The zero-order chi connectivity index (χ0) is 22.5. The standard InChI is InChI=1S/C26H29N3O3/c1-3-4-17-32-26(31)28-16-15-23-22(18-28)25(30)29(19(2)27-23)24(20-11-7-5-8-12-20)21-13-9-6-10-14-21/h5-14,24H,3-4,15-18H2,1-2H3. The highest BCUT2D eigenvalue weighted by molar-refractivity contribution is 5.68. The number of benzene rings is 2. The third-order valence-corrected chi connectivity index (χ3v) is 5.91. The Bertz CT molecular complexity index is 1090. The number of hydrogen-bond donors (Lipinski definition) is 0. The monoisotopic (exact) mass is 431 g/mol. The number of carbonyl (C=O) groups excluding carboxylic acids is 1. The Morgan fingerprint density at radius 1 is 1.06 bits per heavy atom. The van der Waals surface area contributed by atoms with E-state index in [2.05, 4.69) is 6.92 Å². The lowest BCUT2D eigenvalue weighted by atomic mass is 9.97. The fraction of sp³-hybridized carbons (Fsp3) is 0.346. The molecule has 0 spiro atoms. The molecule has 32 heavy (non-hydrogen) atoms. The summed E-state index contributed by atoms with van der Waals surface area (Å²) in [5.41, 5.74) is 3.28. The summed E-state index contributed by atoms with van der Waals surface area (Å²) in [5, 5.41) is 0. The molecule has 0 saturated heterocycles. The van der Waals surface area contributed by atoms with Crippen molar-refractivity contribution in [2.75, 3.05) is 13.2 Å². The summed E-state index contributed by atoms with van der Waals surface area (Å²) in [6.45, 7) is 5.07. The van der Waals surface area contributed by atoms with E-state index in [1.54, 1.807) is 9.47 Å². The van der Waals surface area contributed by atoms with Crippen LogP contribution in [-0.4, -0.2) is 33.7 Å². The third-order valence-electron chi connectivity index (χ3n) is 5.91. The smallest absolute Gasteiger partial charge is 0.410 e. The molecule has 6 nitrogen and oxygen atoms in total. The van der Waals surface area contributed by atoms with Crippen LogP contribution >= 0.6 is 0 Å². The predicted molar refractivity (Wildman–Crippen MR) is 124 cm³/mol. The first kappa shape index (κ1) is 21.8. The molecule has 1 aromatic heterocycles. The van der Waals surface area contributed by atoms with Crippen molar-refractivity contribution < 1.29 is 9.53 Å². The van der Waals surface area contributed by atoms with Gasteiger partial charge in [0.2, 0.25) is 0 Å². The number of aryl methyl sites for hydroxylation is 1. The first-order valence-electron chi connectivity index (χ1n) is 11.2. The molecule has 1 aliphatic rings. The Morgan fingerprint density at radius 2 is 1.69 bits per heavy atom. The van der Waals surface area contributed by atoms with Gasteiger partial charge in [-0.25, -0.2) is 9.78 Å². The maximum absolute atomic E-state index is 13.8. The molecule has 0 saturated carbocycles. The number of aromatic nitrogens is 2. The predicted octanol–water partition coefficient (Wildman–Crippen LogP) is 4.48. The van der Waals surface area contributed by atoms with Crippen molar-refractivity contribution >= 4 is 6.09 Å². The van der Waals surface area contributed by atoms with Gasteiger partial charge in [0, 0.05) is 13.0 Å². The lowest BCUT2D eigenvalue weighted by Crippen LogP contribution is -2.42. The van der Waals surface area contributed by atoms with Crippen LogP contribution in [0.15, 0.2) is 65.5 Å². The fourth-order valence-electron chi connectivity index (χ4n) is 4.23. The van der Waals surface area contributed by atoms with Gasteiger partial charge in [0.15, 0.2) is 0 Å². The van der Waals surface area contributed by atoms with E-state index in [0.717, 1.165) is 29.7 Å². The number of fused-ring (bicyclic) bond motifs is 1. The molecule has 1 amide bonds. The molecule has 6 heteroatoms. The number of ether oxygens (including phenoxy) is 1. The highest BCUT2D eigenvalue weighted by Crippen LogP contribution is 2.27. The second kappa shape index (κ2) is 9.81. The maximum Gasteiger partial charge on any atom is 0.410 e. The average molecular weight is 432 g/mol. The third kappa shape index (κ3) is 4.44. The van der Waals surface area contributed by atoms with Crippen LogP contribution in [0.4, 0.5) is 4.79 Å². The van der Waals surface area contributed by atoms with Gasteiger partial charge in [0.25, 0.3) is 5.56 Å². The van der Waals surface area contributed by atoms with Crippen LogP contribution in [0.2, 0.25) is 0 Å². The molecular formula is C26H29N3O3. The first-order chi connectivity index (χ1) is 15.6. The van der Waals surface area contributed by atoms with E-state index < -0.39 is 0 Å². The Balaban J connectivity index is 1.75. The van der Waals surface area contributed by atoms with Crippen molar-refractivity contribution in [2.45, 2.75) is 45.7 Å². The number of nitrogens with zero attached hydrogens (tertiary/aromatic N) is 3. The summed E-state index contributed by atoms with van der Waals surface area (Å²) in [5.74, 6) is 0.672. The van der Waals surface area contributed by atoms with Crippen LogP contribution in [0.1, 0.15) is 54.0 Å². The summed E-state index contributed by atoms with van der Waals surface area (Å²) in [7, 11) is 0. The minimum absolute atomic E-state index is 0.101. The van der Waals surface area contributed by atoms with Gasteiger partial charge in [-0.1, -0.05) is 74.0 Å². The van der Waals surface area contributed by atoms with Crippen LogP contribution in [0, 0.1) is 6.92 Å². The Kier molecular flexibility index (Phi) is 6.69. The average Bonchev–Trinajstić information content (AvgIpc) is 2.82. The molecule has 0 N–H and O–H groups in total. The van der Waals surface area contributed by atoms with Crippen molar-refractivity contribution in [3.8, 4) is 0 Å². The van der Waals surface area contributed by atoms with E-state index in [-0.39, 0.29) is 24.2 Å². The van der Waals surface area contributed by atoms with Gasteiger partial charge in [-0.15, -0.1) is 0 Å². The normalized spacial score (nSPS) is 13.2. The molecule has 0 unspecified atom stereocenters. The molecule has 0 fully saturated rings. The van der Waals surface area contributed by atoms with Crippen LogP contribution in [0.3, 0.4) is 0 Å². The Hall–Kier alpha value is -3.41. The van der Waals surface area contributed by atoms with Crippen molar-refractivity contribution in [1.82, 2.24) is 14.5 Å². The van der Waals surface area contributed by atoms with E-state index in [4.69, 9.17) is 9.72 Å². The SMILES string of the molecule is CCCCOC(=O)N1CCc2nc(C)n(C(c3ccccc3)c3ccccc3)c(=O)c2C1. The number of hydrogen-bond acceptors (Lipinski definition) is 4. The van der Waals surface area contributed by atoms with Gasteiger partial charge in [-0.3, -0.25) is 9.36 Å². The zero-order valence-corrected chi connectivity index (χ0v) is 18.7. The summed E-state index contributed by atoms with van der Waals surface area (Å²) >= 11 is 0. The molecule has 166 valence electrons. The van der Waals surface area contributed by atoms with Gasteiger partial charge in [-0.05, 0) is 24.5 Å². The first-order valence-corrected chi connectivity index (χ1v) is 11.2. The second-order valence-corrected chi connectivity index (χ2v) is 8.12. The van der Waals surface area contributed by atoms with Crippen LogP contribution in [-0.2, 0) is 17.7 Å². The molecule has 3 aromatic rings. The zero-order valence-electron chi connectivity index (χ0n) is 18.7. The highest BCUT2D eigenvalue weighted by atomic mass is 16.6. The molecule has 2 aromatic carbocycles. The molecule has 0 atom stereocenters. The van der Waals surface area contributed by atoms with Gasteiger partial charge in [0.05, 0.1) is 30.5 Å². The summed E-state index contributed by atoms with van der Waals surface area (Å²) in [4.78, 5) is 32.7. The van der Waals surface area contributed by atoms with Gasteiger partial charge in [-0.2, -0.15) is 0 Å². The second-order valence-electron chi connectivity index (χ2n) is 8.12. The van der Waals surface area contributed by atoms with Crippen molar-refractivity contribution in [1.29, 1.82) is 0 Å². The van der Waals surface area contributed by atoms with Crippen molar-refractivity contribution in [3.05, 3.63) is 99.2 Å². The van der Waals surface area contributed by atoms with E-state index in [9.17, 15) is 9.59 Å². The molecule has 0 bridgehead atoms. The topological polar surface area (TPSA) is 64.4 Å². The number of carbonyl (C=O) groups is 1. The molecule has 0 aliphatic carbocycles. The Morgan fingerprint density at radius 3 is 2.28 bits per heavy atom.